The highest BCUT2D eigenvalue weighted by Gasteiger charge is 2.37. The van der Waals surface area contributed by atoms with Gasteiger partial charge in [0, 0.05) is 38.0 Å². The number of thioether (sulfide) groups is 3. The molecule has 0 saturated heterocycles. The fourth-order valence-electron chi connectivity index (χ4n) is 6.48. The maximum Gasteiger partial charge on any atom is 0.327 e. The maximum absolute atomic E-state index is 13.6. The van der Waals surface area contributed by atoms with Crippen molar-refractivity contribution in [1.29, 1.82) is 0 Å². The van der Waals surface area contributed by atoms with Gasteiger partial charge in [-0.2, -0.15) is 24.4 Å². The molecule has 0 aliphatic heterocycles. The van der Waals surface area contributed by atoms with Gasteiger partial charge in [0.25, 0.3) is 0 Å². The van der Waals surface area contributed by atoms with Gasteiger partial charge in [-0.15, -0.1) is 23.5 Å². The normalized spacial score (nSPS) is 14.9. The van der Waals surface area contributed by atoms with Gasteiger partial charge in [-0.3, -0.25) is 67.1 Å². The third-order valence-corrected chi connectivity index (χ3v) is 13.7. The SMILES string of the molecule is CSCC[C@H](NC(=O)[C@H](CC(=O)O)NC(=O)[C@@H](NC(=O)[C@H](CSCNC(C)=O)NC(C)=O)C(C)C)C(=O)N[C@@H](CO)C(=O)NCC(=O)NCC(=O)N[C@H](C(=O)N[C@@H](CSCNC(C)=O)C(=O)N[C@H](C(=O)N[C@@H](CS)C(=O)O)[C@@H](C)O)[C@@H](C)O. The number of aliphatic hydroxyl groups excluding tert-OH is 3. The van der Waals surface area contributed by atoms with Gasteiger partial charge in [0.15, 0.2) is 0 Å². The molecule has 33 nitrogen and oxygen atoms in total. The van der Waals surface area contributed by atoms with Crippen molar-refractivity contribution in [1.82, 2.24) is 69.1 Å². The number of amides is 13. The Morgan fingerprint density at radius 3 is 1.33 bits per heavy atom. The Hall–Kier alpha value is -6.67. The molecule has 0 rings (SSSR count). The van der Waals surface area contributed by atoms with Gasteiger partial charge in [-0.1, -0.05) is 13.8 Å². The molecule has 0 fully saturated rings. The zero-order valence-electron chi connectivity index (χ0n) is 46.7. The Bertz CT molecular complexity index is 2290. The standard InChI is InChI=1S/C46H77N13O20S4/c1-20(2)35(58-41(73)30(51-25(7)65)16-82-18-49-23(5)63)43(75)53-27(11-34(68)69)40(72)52-26(9-10-81-8)39(71)54-28(14-60)38(70)48-12-32(66)47-13-33(67)57-36(21(3)61)44(76)56-31(17-83-19-50-24(6)64)42(74)59-37(22(4)62)45(77)55-29(15-80)46(78)79/h20-22,26-31,35-37,60-62,80H,9-19H2,1-8H3,(H,47,66)(H,48,70)(H,49,63)(H,50,64)(H,51,65)(H,52,72)(H,53,75)(H,54,71)(H,55,77)(H,56,76)(H,57,67)(H,58,73)(H,59,74)(H,68,69)(H,78,79)/t21-,22-,26+,27+,28+,29+,30+,31+,35+,36+,37+/m1/s1. The molecule has 0 spiro atoms. The summed E-state index contributed by atoms with van der Waals surface area (Å²) in [5.74, 6) is -16.3. The number of aliphatic carboxylic acids is 2. The van der Waals surface area contributed by atoms with Crippen molar-refractivity contribution in [2.24, 2.45) is 5.92 Å². The molecule has 0 bridgehead atoms. The van der Waals surface area contributed by atoms with Crippen LogP contribution in [0.1, 0.15) is 61.3 Å². The zero-order valence-corrected chi connectivity index (χ0v) is 50.1. The van der Waals surface area contributed by atoms with Gasteiger partial charge in [-0.25, -0.2) is 4.79 Å². The average molecular weight is 1260 g/mol. The number of thiol groups is 1. The van der Waals surface area contributed by atoms with Crippen molar-refractivity contribution in [2.75, 3.05) is 60.7 Å². The third kappa shape index (κ3) is 31.5. The topological polar surface area (TPSA) is 514 Å². The van der Waals surface area contributed by atoms with E-state index in [-0.39, 0.29) is 47.1 Å². The molecular formula is C46H77N13O20S4. The molecular weight excluding hydrogens is 1180 g/mol. The lowest BCUT2D eigenvalue weighted by molar-refractivity contribution is -0.142. The molecule has 0 aromatic rings. The van der Waals surface area contributed by atoms with E-state index in [1.807, 2.05) is 0 Å². The molecule has 0 aliphatic carbocycles. The minimum absolute atomic E-state index is 0.0321. The van der Waals surface area contributed by atoms with E-state index in [1.54, 1.807) is 6.26 Å². The average Bonchev–Trinajstić information content (AvgIpc) is 3.49. The van der Waals surface area contributed by atoms with Crippen molar-refractivity contribution in [3.8, 4) is 0 Å². The van der Waals surface area contributed by atoms with Crippen LogP contribution in [0.5, 0.6) is 0 Å². The Kier molecular flexibility index (Phi) is 37.3. The summed E-state index contributed by atoms with van der Waals surface area (Å²) in [7, 11) is 0. The van der Waals surface area contributed by atoms with E-state index in [0.717, 1.165) is 44.3 Å². The van der Waals surface area contributed by atoms with Crippen molar-refractivity contribution in [2.45, 2.75) is 128 Å². The van der Waals surface area contributed by atoms with E-state index in [4.69, 9.17) is 0 Å². The van der Waals surface area contributed by atoms with Crippen LogP contribution in [0.15, 0.2) is 0 Å². The van der Waals surface area contributed by atoms with Crippen LogP contribution in [0.25, 0.3) is 0 Å². The van der Waals surface area contributed by atoms with Gasteiger partial charge in [0.05, 0.1) is 50.1 Å². The minimum atomic E-state index is -1.85. The third-order valence-electron chi connectivity index (χ3n) is 10.9. The maximum atomic E-state index is 13.6. The van der Waals surface area contributed by atoms with E-state index in [2.05, 4.69) is 81.7 Å². The molecule has 0 radical (unpaired) electrons. The molecule has 470 valence electrons. The van der Waals surface area contributed by atoms with E-state index in [9.17, 15) is 97.5 Å². The summed E-state index contributed by atoms with van der Waals surface area (Å²) in [5, 5.41) is 79.5. The largest absolute Gasteiger partial charge is 0.481 e. The molecule has 18 N–H and O–H groups in total. The molecule has 0 saturated carbocycles. The van der Waals surface area contributed by atoms with Crippen LogP contribution in [-0.2, 0) is 71.9 Å². The van der Waals surface area contributed by atoms with E-state index in [0.29, 0.717) is 0 Å². The summed E-state index contributed by atoms with van der Waals surface area (Å²) < 4.78 is 0. The van der Waals surface area contributed by atoms with Crippen LogP contribution < -0.4 is 69.1 Å². The lowest BCUT2D eigenvalue weighted by Crippen LogP contribution is -2.62. The number of carboxylic acids is 2. The first-order valence-electron chi connectivity index (χ1n) is 25.2. The quantitative estimate of drug-likeness (QED) is 0.0154. The van der Waals surface area contributed by atoms with Crippen molar-refractivity contribution in [3.05, 3.63) is 0 Å². The second-order valence-electron chi connectivity index (χ2n) is 18.4. The summed E-state index contributed by atoms with van der Waals surface area (Å²) in [6.45, 7) is 6.06. The summed E-state index contributed by atoms with van der Waals surface area (Å²) in [6, 6.07) is -14.4. The van der Waals surface area contributed by atoms with E-state index >= 15 is 0 Å². The Morgan fingerprint density at radius 1 is 0.458 bits per heavy atom. The van der Waals surface area contributed by atoms with Gasteiger partial charge in [0.2, 0.25) is 76.8 Å². The first-order valence-corrected chi connectivity index (χ1v) is 29.5. The Morgan fingerprint density at radius 2 is 0.880 bits per heavy atom. The van der Waals surface area contributed by atoms with Gasteiger partial charge in [0.1, 0.15) is 54.4 Å². The van der Waals surface area contributed by atoms with Gasteiger partial charge >= 0.3 is 11.9 Å². The number of hydrogen-bond acceptors (Lipinski definition) is 22. The minimum Gasteiger partial charge on any atom is -0.481 e. The van der Waals surface area contributed by atoms with Crippen LogP contribution in [0.4, 0.5) is 0 Å². The molecule has 0 aromatic carbocycles. The van der Waals surface area contributed by atoms with E-state index in [1.165, 1.54) is 39.5 Å². The highest BCUT2D eigenvalue weighted by atomic mass is 32.2. The predicted molar refractivity (Wildman–Crippen MR) is 303 cm³/mol. The first kappa shape index (κ1) is 76.3. The second-order valence-corrected chi connectivity index (χ2v) is 21.8. The number of rotatable bonds is 40. The summed E-state index contributed by atoms with van der Waals surface area (Å²) in [5.41, 5.74) is 0. The summed E-state index contributed by atoms with van der Waals surface area (Å²) in [6.07, 6.45) is -2.77. The van der Waals surface area contributed by atoms with Crippen molar-refractivity contribution < 1.29 is 97.5 Å². The molecule has 83 heavy (non-hydrogen) atoms. The molecule has 11 atom stereocenters. The highest BCUT2D eigenvalue weighted by Crippen LogP contribution is 2.10. The Labute approximate surface area is 495 Å². The fourth-order valence-corrected chi connectivity index (χ4v) is 8.98. The smallest absolute Gasteiger partial charge is 0.327 e. The van der Waals surface area contributed by atoms with E-state index < -0.39 is 181 Å². The number of hydrogen-bond donors (Lipinski definition) is 19. The summed E-state index contributed by atoms with van der Waals surface area (Å²) in [4.78, 5) is 191. The molecule has 0 aromatic heterocycles. The lowest BCUT2D eigenvalue weighted by atomic mass is 10.0. The molecule has 0 unspecified atom stereocenters. The second kappa shape index (κ2) is 40.5. The lowest BCUT2D eigenvalue weighted by Gasteiger charge is -2.28. The molecule has 0 heterocycles. The van der Waals surface area contributed by atoms with Crippen molar-refractivity contribution >= 4 is 137 Å². The van der Waals surface area contributed by atoms with Gasteiger partial charge in [-0.05, 0) is 38.2 Å². The first-order chi connectivity index (χ1) is 38.8. The number of nitrogens with one attached hydrogen (secondary N) is 13. The van der Waals surface area contributed by atoms with Gasteiger partial charge < -0.3 is 94.7 Å². The zero-order chi connectivity index (χ0) is 63.7. The number of carboxylic acid groups (broad SMARTS) is 2. The van der Waals surface area contributed by atoms with Crippen LogP contribution >= 0.6 is 47.9 Å². The van der Waals surface area contributed by atoms with Crippen LogP contribution in [0, 0.1) is 5.92 Å². The van der Waals surface area contributed by atoms with Crippen molar-refractivity contribution in [3.63, 3.8) is 0 Å². The summed E-state index contributed by atoms with van der Waals surface area (Å²) >= 11 is 7.07. The predicted octanol–water partition coefficient (Wildman–Crippen LogP) is -8.09. The van der Waals surface area contributed by atoms with Crippen LogP contribution in [-0.4, -0.2) is 242 Å². The van der Waals surface area contributed by atoms with Crippen LogP contribution in [0.3, 0.4) is 0 Å². The molecule has 0 aliphatic rings. The number of carbonyl (C=O) groups is 15. The number of aliphatic hydroxyl groups is 3. The molecule has 37 heteroatoms. The Balaban J connectivity index is 5.97. The molecule has 13 amide bonds. The fraction of sp³-hybridized carbons (Fsp3) is 0.674. The van der Waals surface area contributed by atoms with Crippen LogP contribution in [0.2, 0.25) is 0 Å². The highest BCUT2D eigenvalue weighted by molar-refractivity contribution is 7.99. The monoisotopic (exact) mass is 1260 g/mol. The number of carbonyl (C=O) groups excluding carboxylic acids is 13.